The van der Waals surface area contributed by atoms with Crippen LogP contribution in [0.2, 0.25) is 0 Å². The van der Waals surface area contributed by atoms with Gasteiger partial charge in [0, 0.05) is 38.3 Å². The van der Waals surface area contributed by atoms with Gasteiger partial charge in [0.15, 0.2) is 0 Å². The summed E-state index contributed by atoms with van der Waals surface area (Å²) >= 11 is 0. The third kappa shape index (κ3) is 6.28. The van der Waals surface area contributed by atoms with Gasteiger partial charge in [0.05, 0.1) is 0 Å². The molecule has 0 aliphatic carbocycles. The molecule has 0 aromatic heterocycles. The van der Waals surface area contributed by atoms with E-state index in [-0.39, 0.29) is 17.7 Å². The topological polar surface area (TPSA) is 52.7 Å². The average Bonchev–Trinajstić information content (AvgIpc) is 2.78. The number of aryl methyl sites for hydroxylation is 1. The number of benzene rings is 2. The third-order valence-electron chi connectivity index (χ3n) is 5.77. The molecule has 2 aromatic rings. The minimum Gasteiger partial charge on any atom is -0.340 e. The van der Waals surface area contributed by atoms with Crippen LogP contribution in [0.4, 0.5) is 0 Å². The van der Waals surface area contributed by atoms with Gasteiger partial charge in [0.2, 0.25) is 5.91 Å². The van der Waals surface area contributed by atoms with Crippen molar-refractivity contribution in [1.29, 1.82) is 0 Å². The highest BCUT2D eigenvalue weighted by Crippen LogP contribution is 2.13. The van der Waals surface area contributed by atoms with Crippen LogP contribution < -0.4 is 5.32 Å². The number of hydrogen-bond donors (Lipinski definition) is 1. The highest BCUT2D eigenvalue weighted by atomic mass is 16.2. The molecule has 31 heavy (non-hydrogen) atoms. The summed E-state index contributed by atoms with van der Waals surface area (Å²) in [6, 6.07) is 17.2. The molecule has 5 nitrogen and oxygen atoms in total. The van der Waals surface area contributed by atoms with E-state index >= 15 is 0 Å². The summed E-state index contributed by atoms with van der Waals surface area (Å²) in [7, 11) is 0. The summed E-state index contributed by atoms with van der Waals surface area (Å²) in [6.45, 7) is 9.77. The van der Waals surface area contributed by atoms with E-state index in [1.807, 2.05) is 62.1 Å². The number of nitrogens with one attached hydrogen (secondary N) is 1. The standard InChI is InChI=1S/C26H33N3O2/c1-20(2)24(27-25(30)23-14-8-7-10-21(23)3)26(31)29-18-16-28(17-19-29)15-9-13-22-11-5-4-6-12-22/h4-14,20,24H,15-19H2,1-3H3,(H,27,30). The number of rotatable bonds is 7. The lowest BCUT2D eigenvalue weighted by molar-refractivity contribution is -0.136. The molecule has 0 radical (unpaired) electrons. The Hall–Kier alpha value is -2.92. The van der Waals surface area contributed by atoms with Gasteiger partial charge < -0.3 is 10.2 Å². The Morgan fingerprint density at radius 1 is 0.968 bits per heavy atom. The number of hydrogen-bond acceptors (Lipinski definition) is 3. The molecule has 1 fully saturated rings. The molecule has 3 rings (SSSR count). The Labute approximate surface area is 185 Å². The van der Waals surface area contributed by atoms with Crippen LogP contribution in [0.25, 0.3) is 6.08 Å². The number of amides is 2. The molecule has 1 saturated heterocycles. The van der Waals surface area contributed by atoms with Crippen LogP contribution >= 0.6 is 0 Å². The van der Waals surface area contributed by atoms with Crippen molar-refractivity contribution >= 4 is 17.9 Å². The molecule has 0 spiro atoms. The molecule has 1 heterocycles. The second kappa shape index (κ2) is 10.9. The monoisotopic (exact) mass is 419 g/mol. The van der Waals surface area contributed by atoms with Crippen LogP contribution in [0.5, 0.6) is 0 Å². The van der Waals surface area contributed by atoms with Crippen molar-refractivity contribution < 1.29 is 9.59 Å². The van der Waals surface area contributed by atoms with Crippen LogP contribution in [0, 0.1) is 12.8 Å². The molecule has 5 heteroatoms. The van der Waals surface area contributed by atoms with Gasteiger partial charge in [-0.3, -0.25) is 14.5 Å². The molecule has 2 amide bonds. The SMILES string of the molecule is Cc1ccccc1C(=O)NC(C(=O)N1CCN(CC=Cc2ccccc2)CC1)C(C)C. The first kappa shape index (κ1) is 22.8. The van der Waals surface area contributed by atoms with E-state index in [1.165, 1.54) is 5.56 Å². The van der Waals surface area contributed by atoms with Gasteiger partial charge in [0.1, 0.15) is 6.04 Å². The van der Waals surface area contributed by atoms with E-state index in [9.17, 15) is 9.59 Å². The Balaban J connectivity index is 1.53. The molecular weight excluding hydrogens is 386 g/mol. The zero-order valence-corrected chi connectivity index (χ0v) is 18.8. The van der Waals surface area contributed by atoms with E-state index in [0.29, 0.717) is 18.7 Å². The first-order valence-corrected chi connectivity index (χ1v) is 11.0. The summed E-state index contributed by atoms with van der Waals surface area (Å²) in [4.78, 5) is 30.2. The molecule has 2 aromatic carbocycles. The van der Waals surface area contributed by atoms with E-state index in [0.717, 1.165) is 25.2 Å². The maximum atomic E-state index is 13.2. The molecule has 1 N–H and O–H groups in total. The van der Waals surface area contributed by atoms with Gasteiger partial charge in [-0.05, 0) is 30.0 Å². The van der Waals surface area contributed by atoms with E-state index in [4.69, 9.17) is 0 Å². The van der Waals surface area contributed by atoms with Gasteiger partial charge in [0.25, 0.3) is 5.91 Å². The van der Waals surface area contributed by atoms with Crippen molar-refractivity contribution in [2.75, 3.05) is 32.7 Å². The van der Waals surface area contributed by atoms with Gasteiger partial charge in [-0.2, -0.15) is 0 Å². The maximum Gasteiger partial charge on any atom is 0.252 e. The Bertz CT molecular complexity index is 900. The van der Waals surface area contributed by atoms with E-state index < -0.39 is 6.04 Å². The largest absolute Gasteiger partial charge is 0.340 e. The predicted octanol–water partition coefficient (Wildman–Crippen LogP) is 3.61. The van der Waals surface area contributed by atoms with Crippen molar-refractivity contribution in [2.45, 2.75) is 26.8 Å². The van der Waals surface area contributed by atoms with Crippen LogP contribution in [0.3, 0.4) is 0 Å². The smallest absolute Gasteiger partial charge is 0.252 e. The molecule has 1 aliphatic rings. The van der Waals surface area contributed by atoms with Crippen molar-refractivity contribution in [3.63, 3.8) is 0 Å². The minimum atomic E-state index is -0.517. The van der Waals surface area contributed by atoms with E-state index in [1.54, 1.807) is 6.07 Å². The number of carbonyl (C=O) groups excluding carboxylic acids is 2. The summed E-state index contributed by atoms with van der Waals surface area (Å²) in [5.41, 5.74) is 2.73. The Morgan fingerprint density at radius 2 is 1.61 bits per heavy atom. The van der Waals surface area contributed by atoms with Crippen LogP contribution in [-0.2, 0) is 4.79 Å². The quantitative estimate of drug-likeness (QED) is 0.746. The van der Waals surface area contributed by atoms with Crippen molar-refractivity contribution in [3.05, 3.63) is 77.4 Å². The second-order valence-electron chi connectivity index (χ2n) is 8.45. The highest BCUT2D eigenvalue weighted by molar-refractivity contribution is 5.98. The van der Waals surface area contributed by atoms with Crippen LogP contribution in [0.1, 0.15) is 35.3 Å². The molecule has 0 bridgehead atoms. The summed E-state index contributed by atoms with van der Waals surface area (Å²) < 4.78 is 0. The third-order valence-corrected chi connectivity index (χ3v) is 5.77. The van der Waals surface area contributed by atoms with Gasteiger partial charge >= 0.3 is 0 Å². The van der Waals surface area contributed by atoms with Crippen molar-refractivity contribution in [2.24, 2.45) is 5.92 Å². The normalized spacial score (nSPS) is 15.9. The Morgan fingerprint density at radius 3 is 2.26 bits per heavy atom. The highest BCUT2D eigenvalue weighted by Gasteiger charge is 2.31. The zero-order valence-electron chi connectivity index (χ0n) is 18.8. The number of carbonyl (C=O) groups is 2. The molecule has 164 valence electrons. The fourth-order valence-electron chi connectivity index (χ4n) is 3.81. The molecular formula is C26H33N3O2. The molecule has 1 unspecified atom stereocenters. The van der Waals surface area contributed by atoms with Gasteiger partial charge in [-0.25, -0.2) is 0 Å². The first-order chi connectivity index (χ1) is 15.0. The van der Waals surface area contributed by atoms with Crippen molar-refractivity contribution in [3.8, 4) is 0 Å². The second-order valence-corrected chi connectivity index (χ2v) is 8.45. The first-order valence-electron chi connectivity index (χ1n) is 11.0. The average molecular weight is 420 g/mol. The Kier molecular flexibility index (Phi) is 8.01. The van der Waals surface area contributed by atoms with Crippen LogP contribution in [0.15, 0.2) is 60.7 Å². The molecule has 0 saturated carbocycles. The van der Waals surface area contributed by atoms with Crippen molar-refractivity contribution in [1.82, 2.24) is 15.1 Å². The summed E-state index contributed by atoms with van der Waals surface area (Å²) in [6.07, 6.45) is 4.31. The van der Waals surface area contributed by atoms with E-state index in [2.05, 4.69) is 34.5 Å². The molecule has 1 atom stereocenters. The lowest BCUT2D eigenvalue weighted by atomic mass is 10.0. The minimum absolute atomic E-state index is 0.0106. The van der Waals surface area contributed by atoms with Gasteiger partial charge in [-0.15, -0.1) is 0 Å². The lowest BCUT2D eigenvalue weighted by Gasteiger charge is -2.37. The lowest BCUT2D eigenvalue weighted by Crippen LogP contribution is -2.56. The fraction of sp³-hybridized carbons (Fsp3) is 0.385. The van der Waals surface area contributed by atoms with Gasteiger partial charge in [-0.1, -0.05) is 74.5 Å². The number of piperazine rings is 1. The fourth-order valence-corrected chi connectivity index (χ4v) is 3.81. The predicted molar refractivity (Wildman–Crippen MR) is 126 cm³/mol. The zero-order chi connectivity index (χ0) is 22.2. The molecule has 1 aliphatic heterocycles. The summed E-state index contributed by atoms with van der Waals surface area (Å²) in [5, 5.41) is 2.98. The maximum absolute atomic E-state index is 13.2. The summed E-state index contributed by atoms with van der Waals surface area (Å²) in [5.74, 6) is -0.154. The van der Waals surface area contributed by atoms with Crippen LogP contribution in [-0.4, -0.2) is 60.4 Å². The number of nitrogens with zero attached hydrogens (tertiary/aromatic N) is 2.